The van der Waals surface area contributed by atoms with Crippen molar-refractivity contribution < 1.29 is 19.0 Å². The molecule has 186 valence electrons. The summed E-state index contributed by atoms with van der Waals surface area (Å²) >= 11 is 0. The van der Waals surface area contributed by atoms with E-state index in [4.69, 9.17) is 14.2 Å². The molecule has 1 N–H and O–H groups in total. The third kappa shape index (κ3) is 8.58. The van der Waals surface area contributed by atoms with Crippen LogP contribution in [0.1, 0.15) is 12.5 Å². The molecule has 0 radical (unpaired) electrons. The van der Waals surface area contributed by atoms with Crippen LogP contribution in [0.15, 0.2) is 29.3 Å². The number of nitrogens with zero attached hydrogens (tertiary/aromatic N) is 4. The number of methoxy groups -OCH3 is 3. The van der Waals surface area contributed by atoms with Crippen LogP contribution in [0.25, 0.3) is 0 Å². The van der Waals surface area contributed by atoms with E-state index in [1.165, 1.54) is 0 Å². The molecule has 0 saturated carbocycles. The van der Waals surface area contributed by atoms with Crippen LogP contribution in [-0.2, 0) is 11.3 Å². The average Bonchev–Trinajstić information content (AvgIpc) is 2.78. The number of carbonyl (C=O) groups is 1. The SMILES string of the molecule is C=C(C)CNC(=NCC(=O)N(C)C)N1CCN(Cc2cc(OC)c(OC)c(OC)c2)CC1.I. The number of rotatable bonds is 9. The zero-order valence-electron chi connectivity index (χ0n) is 20.6. The molecule has 1 aliphatic heterocycles. The van der Waals surface area contributed by atoms with E-state index in [-0.39, 0.29) is 36.4 Å². The standard InChI is InChI=1S/C23H37N5O4.HI/c1-17(2)14-24-23(25-15-21(29)26(3)4)28-10-8-27(9-11-28)16-18-12-19(30-5)22(32-7)20(13-18)31-6;/h12-13H,1,8-11,14-16H2,2-7H3,(H,24,25);1H. The van der Waals surface area contributed by atoms with Crippen LogP contribution in [0.2, 0.25) is 0 Å². The highest BCUT2D eigenvalue weighted by Gasteiger charge is 2.21. The first-order valence-corrected chi connectivity index (χ1v) is 10.7. The maximum atomic E-state index is 12.0. The highest BCUT2D eigenvalue weighted by Crippen LogP contribution is 2.38. The molecule has 1 fully saturated rings. The number of benzene rings is 1. The molecule has 1 aliphatic rings. The van der Waals surface area contributed by atoms with Crippen molar-refractivity contribution >= 4 is 35.8 Å². The minimum atomic E-state index is -0.0272. The van der Waals surface area contributed by atoms with Gasteiger partial charge in [0.05, 0.1) is 21.3 Å². The molecule has 1 saturated heterocycles. The number of nitrogens with one attached hydrogen (secondary N) is 1. The molecule has 0 atom stereocenters. The average molecular weight is 575 g/mol. The van der Waals surface area contributed by atoms with Gasteiger partial charge in [0.15, 0.2) is 17.5 Å². The van der Waals surface area contributed by atoms with Gasteiger partial charge in [-0.2, -0.15) is 0 Å². The van der Waals surface area contributed by atoms with Gasteiger partial charge in [0.25, 0.3) is 0 Å². The molecule has 0 aromatic heterocycles. The van der Waals surface area contributed by atoms with E-state index in [2.05, 4.69) is 26.7 Å². The molecule has 9 nitrogen and oxygen atoms in total. The van der Waals surface area contributed by atoms with E-state index in [0.717, 1.165) is 49.8 Å². The van der Waals surface area contributed by atoms with Gasteiger partial charge >= 0.3 is 0 Å². The Labute approximate surface area is 214 Å². The molecule has 2 rings (SSSR count). The molecule has 0 bridgehead atoms. The van der Waals surface area contributed by atoms with Crippen LogP contribution in [-0.4, -0.2) is 101 Å². The van der Waals surface area contributed by atoms with Crippen LogP contribution in [0.5, 0.6) is 17.2 Å². The van der Waals surface area contributed by atoms with E-state index in [1.807, 2.05) is 19.1 Å². The predicted octanol–water partition coefficient (Wildman–Crippen LogP) is 2.06. The predicted molar refractivity (Wildman–Crippen MR) is 142 cm³/mol. The summed E-state index contributed by atoms with van der Waals surface area (Å²) in [7, 11) is 8.33. The number of amides is 1. The molecular weight excluding hydrogens is 537 g/mol. The minimum absolute atomic E-state index is 0. The van der Waals surface area contributed by atoms with Gasteiger partial charge in [-0.1, -0.05) is 12.2 Å². The Morgan fingerprint density at radius 1 is 1.09 bits per heavy atom. The first-order chi connectivity index (χ1) is 15.3. The molecule has 1 aromatic carbocycles. The summed E-state index contributed by atoms with van der Waals surface area (Å²) in [6, 6.07) is 3.98. The van der Waals surface area contributed by atoms with E-state index in [1.54, 1.807) is 40.3 Å². The molecule has 1 heterocycles. The molecule has 0 aliphatic carbocycles. The second-order valence-corrected chi connectivity index (χ2v) is 8.04. The molecule has 33 heavy (non-hydrogen) atoms. The smallest absolute Gasteiger partial charge is 0.243 e. The van der Waals surface area contributed by atoms with Crippen molar-refractivity contribution in [2.24, 2.45) is 4.99 Å². The largest absolute Gasteiger partial charge is 0.493 e. The molecule has 0 unspecified atom stereocenters. The lowest BCUT2D eigenvalue weighted by Crippen LogP contribution is -2.52. The number of hydrogen-bond acceptors (Lipinski definition) is 6. The second-order valence-electron chi connectivity index (χ2n) is 8.04. The Balaban J connectivity index is 0.00000544. The summed E-state index contributed by atoms with van der Waals surface area (Å²) in [4.78, 5) is 22.7. The van der Waals surface area contributed by atoms with Crippen molar-refractivity contribution in [3.63, 3.8) is 0 Å². The minimum Gasteiger partial charge on any atom is -0.493 e. The Bertz CT molecular complexity index is 798. The highest BCUT2D eigenvalue weighted by atomic mass is 127. The zero-order chi connectivity index (χ0) is 23.7. The van der Waals surface area contributed by atoms with Gasteiger partial charge in [-0.25, -0.2) is 4.99 Å². The Morgan fingerprint density at radius 3 is 2.12 bits per heavy atom. The first-order valence-electron chi connectivity index (χ1n) is 10.7. The summed E-state index contributed by atoms with van der Waals surface area (Å²) in [6.45, 7) is 10.8. The summed E-state index contributed by atoms with van der Waals surface area (Å²) in [6.07, 6.45) is 0. The Morgan fingerprint density at radius 2 is 1.67 bits per heavy atom. The van der Waals surface area contributed by atoms with Crippen molar-refractivity contribution in [1.82, 2.24) is 20.0 Å². The van der Waals surface area contributed by atoms with Crippen molar-refractivity contribution in [1.29, 1.82) is 0 Å². The van der Waals surface area contributed by atoms with Crippen molar-refractivity contribution in [2.45, 2.75) is 13.5 Å². The van der Waals surface area contributed by atoms with Crippen molar-refractivity contribution in [3.05, 3.63) is 29.8 Å². The maximum Gasteiger partial charge on any atom is 0.243 e. The lowest BCUT2D eigenvalue weighted by molar-refractivity contribution is -0.127. The highest BCUT2D eigenvalue weighted by molar-refractivity contribution is 14.0. The number of halogens is 1. The van der Waals surface area contributed by atoms with Crippen molar-refractivity contribution in [2.75, 3.05) is 74.7 Å². The molecule has 1 amide bonds. The van der Waals surface area contributed by atoms with Crippen LogP contribution >= 0.6 is 24.0 Å². The summed E-state index contributed by atoms with van der Waals surface area (Å²) in [5.74, 6) is 2.63. The molecule has 1 aromatic rings. The van der Waals surface area contributed by atoms with Crippen LogP contribution < -0.4 is 19.5 Å². The summed E-state index contributed by atoms with van der Waals surface area (Å²) in [5.41, 5.74) is 2.11. The Hall–Kier alpha value is -2.21. The van der Waals surface area contributed by atoms with Crippen molar-refractivity contribution in [3.8, 4) is 17.2 Å². The number of hydrogen-bond donors (Lipinski definition) is 1. The van der Waals surface area contributed by atoms with Gasteiger partial charge < -0.3 is 29.3 Å². The molecular formula is C23H38IN5O4. The van der Waals surface area contributed by atoms with Crippen LogP contribution in [0.3, 0.4) is 0 Å². The van der Waals surface area contributed by atoms with Crippen LogP contribution in [0, 0.1) is 0 Å². The van der Waals surface area contributed by atoms with Gasteiger partial charge in [0.2, 0.25) is 11.7 Å². The summed E-state index contributed by atoms with van der Waals surface area (Å²) < 4.78 is 16.4. The third-order valence-electron chi connectivity index (χ3n) is 5.21. The molecule has 0 spiro atoms. The lowest BCUT2D eigenvalue weighted by Gasteiger charge is -2.36. The normalized spacial score (nSPS) is 14.2. The quantitative estimate of drug-likeness (QED) is 0.209. The Kier molecular flexibility index (Phi) is 12.3. The number of likely N-dealkylation sites (N-methyl/N-ethyl adjacent to an activating group) is 1. The van der Waals surface area contributed by atoms with Gasteiger partial charge in [0, 0.05) is 53.4 Å². The topological polar surface area (TPSA) is 78.9 Å². The number of aliphatic imine (C=N–C) groups is 1. The fourth-order valence-corrected chi connectivity index (χ4v) is 3.38. The zero-order valence-corrected chi connectivity index (χ0v) is 23.0. The van der Waals surface area contributed by atoms with E-state index < -0.39 is 0 Å². The number of piperazine rings is 1. The van der Waals surface area contributed by atoms with Crippen LogP contribution in [0.4, 0.5) is 0 Å². The second kappa shape index (κ2) is 14.1. The first kappa shape index (κ1) is 28.8. The lowest BCUT2D eigenvalue weighted by atomic mass is 10.1. The number of guanidine groups is 1. The summed E-state index contributed by atoms with van der Waals surface area (Å²) in [5, 5.41) is 3.33. The monoisotopic (exact) mass is 575 g/mol. The number of ether oxygens (including phenoxy) is 3. The number of carbonyl (C=O) groups excluding carboxylic acids is 1. The van der Waals surface area contributed by atoms with E-state index in [0.29, 0.717) is 23.8 Å². The van der Waals surface area contributed by atoms with Gasteiger partial charge in [0.1, 0.15) is 6.54 Å². The van der Waals surface area contributed by atoms with Gasteiger partial charge in [-0.15, -0.1) is 24.0 Å². The van der Waals surface area contributed by atoms with E-state index >= 15 is 0 Å². The van der Waals surface area contributed by atoms with Gasteiger partial charge in [-0.05, 0) is 24.6 Å². The fraction of sp³-hybridized carbons (Fsp3) is 0.565. The van der Waals surface area contributed by atoms with Gasteiger partial charge in [-0.3, -0.25) is 9.69 Å². The molecule has 10 heteroatoms. The fourth-order valence-electron chi connectivity index (χ4n) is 3.38. The maximum absolute atomic E-state index is 12.0. The third-order valence-corrected chi connectivity index (χ3v) is 5.21. The van der Waals surface area contributed by atoms with E-state index in [9.17, 15) is 4.79 Å².